The minimum atomic E-state index is 0. The number of fused-ring (bicyclic) bond motifs is 2. The minimum absolute atomic E-state index is 0. The maximum absolute atomic E-state index is 4.93. The molecule has 0 amide bonds. The molecule has 0 bridgehead atoms. The summed E-state index contributed by atoms with van der Waals surface area (Å²) in [5.41, 5.74) is 4.23. The van der Waals surface area contributed by atoms with Gasteiger partial charge in [0.1, 0.15) is 17.9 Å². The van der Waals surface area contributed by atoms with E-state index in [4.69, 9.17) is 4.98 Å². The molecule has 1 saturated heterocycles. The Morgan fingerprint density at radius 1 is 0.733 bits per heavy atom. The molecule has 8 heteroatoms. The zero-order valence-corrected chi connectivity index (χ0v) is 18.6. The van der Waals surface area contributed by atoms with Gasteiger partial charge >= 0.3 is 0 Å². The van der Waals surface area contributed by atoms with Crippen LogP contribution in [0.3, 0.4) is 0 Å². The van der Waals surface area contributed by atoms with Gasteiger partial charge in [-0.2, -0.15) is 0 Å². The van der Waals surface area contributed by atoms with Crippen molar-refractivity contribution in [1.82, 2.24) is 29.4 Å². The second kappa shape index (κ2) is 10.2. The Hall–Kier alpha value is -2.15. The first-order valence-electron chi connectivity index (χ1n) is 10.3. The van der Waals surface area contributed by atoms with Gasteiger partial charge in [0.2, 0.25) is 0 Å². The number of hydrogen-bond donors (Lipinski definition) is 0. The van der Waals surface area contributed by atoms with Crippen LogP contribution >= 0.6 is 24.8 Å². The molecule has 1 aliphatic rings. The van der Waals surface area contributed by atoms with E-state index < -0.39 is 0 Å². The SMILES string of the molecule is Cl.Cl.c1ccc2c(c1)nnn2Cc1nc2ccccc2n1CCN1CCCCCC1. The van der Waals surface area contributed by atoms with Gasteiger partial charge in [0.05, 0.1) is 16.6 Å². The summed E-state index contributed by atoms with van der Waals surface area (Å²) < 4.78 is 4.33. The first kappa shape index (κ1) is 22.5. The van der Waals surface area contributed by atoms with Crippen LogP contribution in [0, 0.1) is 0 Å². The summed E-state index contributed by atoms with van der Waals surface area (Å²) >= 11 is 0. The van der Waals surface area contributed by atoms with Crippen LogP contribution in [0.2, 0.25) is 0 Å². The average molecular weight is 447 g/mol. The average Bonchev–Trinajstić information content (AvgIpc) is 3.18. The number of hydrogen-bond acceptors (Lipinski definition) is 4. The van der Waals surface area contributed by atoms with Crippen LogP contribution in [0.5, 0.6) is 0 Å². The molecule has 2 aromatic carbocycles. The molecule has 0 spiro atoms. The third kappa shape index (κ3) is 4.61. The molecule has 0 N–H and O–H groups in total. The maximum atomic E-state index is 4.93. The number of aromatic nitrogens is 5. The van der Waals surface area contributed by atoms with Crippen molar-refractivity contribution in [2.75, 3.05) is 19.6 Å². The number of likely N-dealkylation sites (tertiary alicyclic amines) is 1. The summed E-state index contributed by atoms with van der Waals surface area (Å²) in [5, 5.41) is 8.66. The van der Waals surface area contributed by atoms with Crippen LogP contribution in [-0.2, 0) is 13.1 Å². The summed E-state index contributed by atoms with van der Waals surface area (Å²) in [5.74, 6) is 1.05. The highest BCUT2D eigenvalue weighted by Crippen LogP contribution is 2.19. The Labute approximate surface area is 189 Å². The van der Waals surface area contributed by atoms with E-state index in [1.807, 2.05) is 22.9 Å². The molecule has 1 aliphatic heterocycles. The molecule has 1 fully saturated rings. The van der Waals surface area contributed by atoms with Crippen molar-refractivity contribution in [2.45, 2.75) is 38.8 Å². The van der Waals surface area contributed by atoms with Gasteiger partial charge in [-0.25, -0.2) is 9.67 Å². The molecule has 0 saturated carbocycles. The fourth-order valence-corrected chi connectivity index (χ4v) is 4.26. The van der Waals surface area contributed by atoms with E-state index in [-0.39, 0.29) is 24.8 Å². The fourth-order valence-electron chi connectivity index (χ4n) is 4.26. The fraction of sp³-hybridized carbons (Fsp3) is 0.409. The van der Waals surface area contributed by atoms with E-state index in [0.717, 1.165) is 35.5 Å². The second-order valence-electron chi connectivity index (χ2n) is 7.66. The van der Waals surface area contributed by atoms with Gasteiger partial charge in [0.15, 0.2) is 0 Å². The number of nitrogens with zero attached hydrogens (tertiary/aromatic N) is 6. The predicted octanol–water partition coefficient (Wildman–Crippen LogP) is 4.55. The van der Waals surface area contributed by atoms with Crippen molar-refractivity contribution in [3.8, 4) is 0 Å². The van der Waals surface area contributed by atoms with Crippen LogP contribution < -0.4 is 0 Å². The van der Waals surface area contributed by atoms with Gasteiger partial charge in [0, 0.05) is 13.1 Å². The van der Waals surface area contributed by atoms with Crippen LogP contribution in [0.15, 0.2) is 48.5 Å². The lowest BCUT2D eigenvalue weighted by Gasteiger charge is -2.21. The van der Waals surface area contributed by atoms with Gasteiger partial charge in [0.25, 0.3) is 0 Å². The number of benzene rings is 2. The molecule has 160 valence electrons. The molecule has 6 nitrogen and oxygen atoms in total. The third-order valence-electron chi connectivity index (χ3n) is 5.78. The summed E-state index contributed by atoms with van der Waals surface area (Å²) in [6.07, 6.45) is 5.38. The first-order valence-corrected chi connectivity index (χ1v) is 10.3. The van der Waals surface area contributed by atoms with E-state index in [1.54, 1.807) is 0 Å². The molecule has 30 heavy (non-hydrogen) atoms. The summed E-state index contributed by atoms with van der Waals surface area (Å²) in [6.45, 7) is 5.11. The van der Waals surface area contributed by atoms with E-state index in [9.17, 15) is 0 Å². The Bertz CT molecular complexity index is 1080. The quantitative estimate of drug-likeness (QED) is 0.451. The zero-order chi connectivity index (χ0) is 18.8. The monoisotopic (exact) mass is 446 g/mol. The van der Waals surface area contributed by atoms with Crippen LogP contribution in [0.4, 0.5) is 0 Å². The van der Waals surface area contributed by atoms with Crippen molar-refractivity contribution < 1.29 is 0 Å². The molecule has 0 aliphatic carbocycles. The van der Waals surface area contributed by atoms with E-state index in [0.29, 0.717) is 6.54 Å². The van der Waals surface area contributed by atoms with Gasteiger partial charge < -0.3 is 9.47 Å². The van der Waals surface area contributed by atoms with E-state index >= 15 is 0 Å². The summed E-state index contributed by atoms with van der Waals surface area (Å²) in [6, 6.07) is 16.5. The van der Waals surface area contributed by atoms with Crippen molar-refractivity contribution >= 4 is 46.9 Å². The van der Waals surface area contributed by atoms with Crippen molar-refractivity contribution in [2.24, 2.45) is 0 Å². The topological polar surface area (TPSA) is 51.8 Å². The minimum Gasteiger partial charge on any atom is -0.325 e. The highest BCUT2D eigenvalue weighted by molar-refractivity contribution is 5.85. The lowest BCUT2D eigenvalue weighted by atomic mass is 10.2. The lowest BCUT2D eigenvalue weighted by molar-refractivity contribution is 0.273. The van der Waals surface area contributed by atoms with Gasteiger partial charge in [-0.3, -0.25) is 0 Å². The highest BCUT2D eigenvalue weighted by atomic mass is 35.5. The molecule has 0 unspecified atom stereocenters. The number of imidazole rings is 1. The lowest BCUT2D eigenvalue weighted by Crippen LogP contribution is -2.29. The Kier molecular flexibility index (Phi) is 7.69. The summed E-state index contributed by atoms with van der Waals surface area (Å²) in [7, 11) is 0. The second-order valence-corrected chi connectivity index (χ2v) is 7.66. The number of halogens is 2. The molecule has 4 aromatic rings. The van der Waals surface area contributed by atoms with Crippen LogP contribution in [-0.4, -0.2) is 49.1 Å². The molecule has 5 rings (SSSR count). The Morgan fingerprint density at radius 3 is 2.17 bits per heavy atom. The van der Waals surface area contributed by atoms with Crippen molar-refractivity contribution in [1.29, 1.82) is 0 Å². The smallest absolute Gasteiger partial charge is 0.131 e. The van der Waals surface area contributed by atoms with Gasteiger partial charge in [-0.1, -0.05) is 42.3 Å². The van der Waals surface area contributed by atoms with E-state index in [1.165, 1.54) is 44.3 Å². The Balaban J connectivity index is 0.00000128. The summed E-state index contributed by atoms with van der Waals surface area (Å²) in [4.78, 5) is 7.54. The standard InChI is InChI=1S/C22H26N6.2ClH/c1-2-8-14-26(13-7-1)15-16-27-20-11-5-3-9-18(20)23-22(27)17-28-21-12-6-4-10-19(21)24-25-28;;/h3-6,9-12H,1-2,7-8,13-17H2;2*1H. The van der Waals surface area contributed by atoms with Crippen LogP contribution in [0.1, 0.15) is 31.5 Å². The first-order chi connectivity index (χ1) is 13.9. The molecule has 3 heterocycles. The maximum Gasteiger partial charge on any atom is 0.131 e. The van der Waals surface area contributed by atoms with Gasteiger partial charge in [-0.15, -0.1) is 29.9 Å². The molecule has 0 radical (unpaired) electrons. The largest absolute Gasteiger partial charge is 0.325 e. The highest BCUT2D eigenvalue weighted by Gasteiger charge is 2.15. The zero-order valence-electron chi connectivity index (χ0n) is 17.0. The molecule has 2 aromatic heterocycles. The van der Waals surface area contributed by atoms with Crippen LogP contribution in [0.25, 0.3) is 22.1 Å². The van der Waals surface area contributed by atoms with Gasteiger partial charge in [-0.05, 0) is 50.2 Å². The third-order valence-corrected chi connectivity index (χ3v) is 5.78. The normalized spacial score (nSPS) is 14.9. The molecular weight excluding hydrogens is 419 g/mol. The van der Waals surface area contributed by atoms with Crippen molar-refractivity contribution in [3.05, 3.63) is 54.4 Å². The Morgan fingerprint density at radius 2 is 1.40 bits per heavy atom. The predicted molar refractivity (Wildman–Crippen MR) is 126 cm³/mol. The molecular formula is C22H28Cl2N6. The molecule has 0 atom stereocenters. The van der Waals surface area contributed by atoms with Crippen molar-refractivity contribution in [3.63, 3.8) is 0 Å². The number of rotatable bonds is 5. The number of para-hydroxylation sites is 3. The van der Waals surface area contributed by atoms with E-state index in [2.05, 4.69) is 50.1 Å².